The van der Waals surface area contributed by atoms with Crippen molar-refractivity contribution in [2.24, 2.45) is 35.5 Å². The third-order valence-corrected chi connectivity index (χ3v) is 18.2. The molecule has 0 aromatic carbocycles. The number of carbonyl (C=O) groups excluding carboxylic acids is 2. The van der Waals surface area contributed by atoms with Gasteiger partial charge in [0.25, 0.3) is 0 Å². The molecule has 0 bridgehead atoms. The molecule has 0 spiro atoms. The zero-order chi connectivity index (χ0) is 62.3. The van der Waals surface area contributed by atoms with Crippen LogP contribution in [0.2, 0.25) is 0 Å². The fraction of sp³-hybridized carbons (Fsp3) is 0.970. The second-order valence-electron chi connectivity index (χ2n) is 26.4. The third kappa shape index (κ3) is 34.4. The van der Waals surface area contributed by atoms with E-state index in [9.17, 15) is 53.2 Å². The molecule has 0 aromatic heterocycles. The van der Waals surface area contributed by atoms with Gasteiger partial charge in [0.2, 0.25) is 6.29 Å². The number of rotatable bonds is 52. The summed E-state index contributed by atoms with van der Waals surface area (Å²) in [4.78, 5) is 27.7. The summed E-state index contributed by atoms with van der Waals surface area (Å²) in [6, 6.07) is 0. The summed E-state index contributed by atoms with van der Waals surface area (Å²) in [5, 5.41) is 64.4. The summed E-state index contributed by atoms with van der Waals surface area (Å²) >= 11 is 0. The number of hydrogen-bond donors (Lipinski definition) is 7. The molecule has 2 rings (SSSR count). The van der Waals surface area contributed by atoms with Crippen molar-refractivity contribution in [1.29, 1.82) is 0 Å². The first-order valence-electron chi connectivity index (χ1n) is 34.1. The van der Waals surface area contributed by atoms with Crippen LogP contribution >= 0.6 is 0 Å². The standard InChI is InChI=1S/C66H126O17S/c1-9-11-13-15-17-19-21-23-25-27-29-31-33-35-37-39-54(69)52(7)44-50(5)42-48(3)41-49(4)43-51(6)45-53(8)64(74)81-61-59(72)56(47-68)79-66(82-65-62(83-84(75,76)77)60(73)58(71)55(46-67)78-65)63(61)80-57(70)40-38-36-34-32-30-28-26-24-22-20-18-16-14-12-10-2/h48-56,58-63,65-69,71-73H,9-47H2,1-8H3,(H,75,76,77). The van der Waals surface area contributed by atoms with Crippen molar-refractivity contribution >= 4 is 22.3 Å². The van der Waals surface area contributed by atoms with Gasteiger partial charge in [-0.3, -0.25) is 14.1 Å². The maximum atomic E-state index is 14.1. The van der Waals surface area contributed by atoms with Crippen molar-refractivity contribution in [2.75, 3.05) is 13.2 Å². The Morgan fingerprint density at radius 1 is 0.464 bits per heavy atom. The average molecular weight is 1220 g/mol. The Balaban J connectivity index is 1.96. The van der Waals surface area contributed by atoms with E-state index in [1.54, 1.807) is 6.92 Å². The van der Waals surface area contributed by atoms with E-state index < -0.39 is 103 Å². The predicted molar refractivity (Wildman–Crippen MR) is 330 cm³/mol. The highest BCUT2D eigenvalue weighted by Crippen LogP contribution is 2.35. The van der Waals surface area contributed by atoms with Crippen LogP contribution in [0, 0.1) is 35.5 Å². The molecule has 84 heavy (non-hydrogen) atoms. The number of hydrogen-bond acceptors (Lipinski definition) is 16. The van der Waals surface area contributed by atoms with Crippen molar-refractivity contribution in [3.05, 3.63) is 0 Å². The van der Waals surface area contributed by atoms with Gasteiger partial charge in [-0.05, 0) is 74.5 Å². The van der Waals surface area contributed by atoms with E-state index >= 15 is 0 Å². The molecule has 0 amide bonds. The SMILES string of the molecule is CCCCCCCCCCCCCCCCCC(=O)OC1C(OC2OC(CO)C(O)C(O)C2OS(=O)(=O)O)OC(CO)C(O)C1OC(=O)C(C)CC(C)CC(C)CC(C)CC(C)CC(C)C(O)CCCCCCCCCCCCCCCCC. The molecule has 2 aliphatic rings. The van der Waals surface area contributed by atoms with Crippen molar-refractivity contribution < 1.29 is 81.1 Å². The molecule has 2 aliphatic heterocycles. The summed E-state index contributed by atoms with van der Waals surface area (Å²) in [6.07, 6.45) is 23.3. The smallest absolute Gasteiger partial charge is 0.397 e. The Kier molecular flexibility index (Phi) is 43.5. The Morgan fingerprint density at radius 2 is 0.833 bits per heavy atom. The largest absolute Gasteiger partial charge is 0.455 e. The number of aliphatic hydroxyl groups is 6. The Labute approximate surface area is 510 Å². The maximum absolute atomic E-state index is 14.1. The second kappa shape index (κ2) is 46.5. The van der Waals surface area contributed by atoms with Crippen molar-refractivity contribution in [3.8, 4) is 0 Å². The quantitative estimate of drug-likeness (QED) is 0.0170. The Morgan fingerprint density at radius 3 is 1.25 bits per heavy atom. The average Bonchev–Trinajstić information content (AvgIpc) is 1.67. The van der Waals surface area contributed by atoms with Crippen LogP contribution in [0.1, 0.15) is 293 Å². The highest BCUT2D eigenvalue weighted by atomic mass is 32.3. The summed E-state index contributed by atoms with van der Waals surface area (Å²) < 4.78 is 67.4. The lowest BCUT2D eigenvalue weighted by atomic mass is 9.81. The normalized spacial score (nSPS) is 25.6. The minimum atomic E-state index is -5.32. The summed E-state index contributed by atoms with van der Waals surface area (Å²) in [5.74, 6) is -0.545. The highest BCUT2D eigenvalue weighted by Gasteiger charge is 2.55. The van der Waals surface area contributed by atoms with E-state index in [1.807, 2.05) is 0 Å². The van der Waals surface area contributed by atoms with Crippen LogP contribution < -0.4 is 0 Å². The maximum Gasteiger partial charge on any atom is 0.397 e. The van der Waals surface area contributed by atoms with Crippen LogP contribution in [0.15, 0.2) is 0 Å². The third-order valence-electron chi connectivity index (χ3n) is 17.7. The highest BCUT2D eigenvalue weighted by molar-refractivity contribution is 7.80. The lowest BCUT2D eigenvalue weighted by molar-refractivity contribution is -0.374. The first-order chi connectivity index (χ1) is 40.1. The minimum absolute atomic E-state index is 0.0565. The number of ether oxygens (including phenoxy) is 5. The van der Waals surface area contributed by atoms with Gasteiger partial charge in [-0.25, -0.2) is 4.18 Å². The first kappa shape index (κ1) is 78.5. The number of carbonyl (C=O) groups is 2. The zero-order valence-corrected chi connectivity index (χ0v) is 54.8. The van der Waals surface area contributed by atoms with Gasteiger partial charge in [0.05, 0.1) is 25.2 Å². The van der Waals surface area contributed by atoms with Gasteiger partial charge in [0.15, 0.2) is 24.6 Å². The van der Waals surface area contributed by atoms with Gasteiger partial charge in [-0.2, -0.15) is 8.42 Å². The molecule has 0 saturated carbocycles. The Hall–Kier alpha value is -1.55. The van der Waals surface area contributed by atoms with E-state index in [0.29, 0.717) is 30.6 Å². The van der Waals surface area contributed by atoms with Gasteiger partial charge >= 0.3 is 22.3 Å². The van der Waals surface area contributed by atoms with Crippen molar-refractivity contribution in [3.63, 3.8) is 0 Å². The van der Waals surface area contributed by atoms with E-state index in [2.05, 4.69) is 52.6 Å². The fourth-order valence-electron chi connectivity index (χ4n) is 13.0. The predicted octanol–water partition coefficient (Wildman–Crippen LogP) is 13.2. The monoisotopic (exact) mass is 1220 g/mol. The molecular formula is C66H126O17S. The Bertz CT molecular complexity index is 1740. The van der Waals surface area contributed by atoms with Gasteiger partial charge in [0.1, 0.15) is 30.5 Å². The van der Waals surface area contributed by atoms with Gasteiger partial charge in [-0.15, -0.1) is 0 Å². The van der Waals surface area contributed by atoms with Gasteiger partial charge < -0.3 is 54.3 Å². The molecule has 0 aliphatic carbocycles. The van der Waals surface area contributed by atoms with Crippen LogP contribution in [0.4, 0.5) is 0 Å². The molecule has 2 fully saturated rings. The summed E-state index contributed by atoms with van der Waals surface area (Å²) in [7, 11) is -5.32. The summed E-state index contributed by atoms with van der Waals surface area (Å²) in [6.45, 7) is 15.5. The van der Waals surface area contributed by atoms with Crippen molar-refractivity contribution in [2.45, 2.75) is 360 Å². The van der Waals surface area contributed by atoms with Crippen LogP contribution in [0.25, 0.3) is 0 Å². The van der Waals surface area contributed by atoms with Crippen LogP contribution in [-0.4, -0.2) is 136 Å². The summed E-state index contributed by atoms with van der Waals surface area (Å²) in [5.41, 5.74) is 0. The molecule has 0 radical (unpaired) electrons. The second-order valence-corrected chi connectivity index (χ2v) is 27.4. The number of unbranched alkanes of at least 4 members (excludes halogenated alkanes) is 28. The molecule has 17 unspecified atom stereocenters. The zero-order valence-electron chi connectivity index (χ0n) is 54.0. The van der Waals surface area contributed by atoms with E-state index in [4.69, 9.17) is 23.7 Å². The molecule has 2 saturated heterocycles. The van der Waals surface area contributed by atoms with Crippen molar-refractivity contribution in [1.82, 2.24) is 0 Å². The molecule has 0 aromatic rings. The van der Waals surface area contributed by atoms with Crippen LogP contribution in [-0.2, 0) is 47.9 Å². The molecule has 2 heterocycles. The first-order valence-corrected chi connectivity index (χ1v) is 35.5. The topological polar surface area (TPSA) is 265 Å². The van der Waals surface area contributed by atoms with E-state index in [0.717, 1.165) is 70.6 Å². The molecule has 17 nitrogen and oxygen atoms in total. The van der Waals surface area contributed by atoms with E-state index in [-0.39, 0.29) is 24.4 Å². The molecule has 18 heteroatoms. The molecule has 7 N–H and O–H groups in total. The molecule has 17 atom stereocenters. The number of aliphatic hydroxyl groups excluding tert-OH is 6. The molecular weight excluding hydrogens is 1100 g/mol. The van der Waals surface area contributed by atoms with Gasteiger partial charge in [0, 0.05) is 6.42 Å². The van der Waals surface area contributed by atoms with Gasteiger partial charge in [-0.1, -0.05) is 242 Å². The van der Waals surface area contributed by atoms with Crippen LogP contribution in [0.3, 0.4) is 0 Å². The fourth-order valence-corrected chi connectivity index (χ4v) is 13.5. The van der Waals surface area contributed by atoms with Crippen LogP contribution in [0.5, 0.6) is 0 Å². The lowest BCUT2D eigenvalue weighted by Gasteiger charge is -2.46. The minimum Gasteiger partial charge on any atom is -0.455 e. The molecule has 498 valence electrons. The number of esters is 2. The van der Waals surface area contributed by atoms with E-state index in [1.165, 1.54) is 148 Å². The lowest BCUT2D eigenvalue weighted by Crippen LogP contribution is -2.65.